The summed E-state index contributed by atoms with van der Waals surface area (Å²) in [6.45, 7) is 5.50. The molecule has 0 saturated heterocycles. The van der Waals surface area contributed by atoms with E-state index in [1.54, 1.807) is 19.9 Å². The van der Waals surface area contributed by atoms with Crippen molar-refractivity contribution in [3.63, 3.8) is 0 Å². The first-order chi connectivity index (χ1) is 12.2. The minimum atomic E-state index is -3.61. The molecule has 26 heavy (non-hydrogen) atoms. The number of aryl methyl sites for hydroxylation is 2. The Labute approximate surface area is 155 Å². The highest BCUT2D eigenvalue weighted by Crippen LogP contribution is 2.21. The van der Waals surface area contributed by atoms with Gasteiger partial charge in [-0.3, -0.25) is 4.79 Å². The van der Waals surface area contributed by atoms with Gasteiger partial charge in [-0.25, -0.2) is 13.1 Å². The summed E-state index contributed by atoms with van der Waals surface area (Å²) < 4.78 is 26.7. The smallest absolute Gasteiger partial charge is 0.251 e. The van der Waals surface area contributed by atoms with E-state index in [0.29, 0.717) is 11.1 Å². The van der Waals surface area contributed by atoms with Gasteiger partial charge in [-0.05, 0) is 69.5 Å². The van der Waals surface area contributed by atoms with Crippen LogP contribution in [0.3, 0.4) is 0 Å². The van der Waals surface area contributed by atoms with Crippen LogP contribution in [0.5, 0.6) is 0 Å². The number of carbonyl (C=O) groups excluding carboxylic acids is 1. The predicted molar refractivity (Wildman–Crippen MR) is 104 cm³/mol. The number of hydrogen-bond donors (Lipinski definition) is 2. The van der Waals surface area contributed by atoms with E-state index in [1.807, 2.05) is 25.1 Å². The lowest BCUT2D eigenvalue weighted by Crippen LogP contribution is -2.33. The van der Waals surface area contributed by atoms with Crippen LogP contribution in [-0.4, -0.2) is 27.4 Å². The van der Waals surface area contributed by atoms with Crippen molar-refractivity contribution in [2.45, 2.75) is 44.6 Å². The molecular weight excluding hydrogens is 348 g/mol. The first-order valence-electron chi connectivity index (χ1n) is 8.64. The molecule has 2 rings (SSSR count). The van der Waals surface area contributed by atoms with Crippen LogP contribution < -0.4 is 10.0 Å². The second kappa shape index (κ2) is 8.47. The first-order valence-corrected chi connectivity index (χ1v) is 10.1. The quantitative estimate of drug-likeness (QED) is 0.782. The number of carbonyl (C=O) groups is 1. The Morgan fingerprint density at radius 2 is 1.77 bits per heavy atom. The summed E-state index contributed by atoms with van der Waals surface area (Å²) in [5.41, 5.74) is 2.99. The van der Waals surface area contributed by atoms with Crippen LogP contribution in [0.15, 0.2) is 47.4 Å². The highest BCUT2D eigenvalue weighted by atomic mass is 32.2. The molecule has 2 aromatic carbocycles. The lowest BCUT2D eigenvalue weighted by molar-refractivity contribution is 0.0938. The lowest BCUT2D eigenvalue weighted by atomic mass is 10.0. The third-order valence-corrected chi connectivity index (χ3v) is 6.07. The average molecular weight is 375 g/mol. The van der Waals surface area contributed by atoms with Crippen LogP contribution in [0.1, 0.15) is 40.4 Å². The van der Waals surface area contributed by atoms with Gasteiger partial charge in [0, 0.05) is 11.6 Å². The average Bonchev–Trinajstić information content (AvgIpc) is 2.62. The van der Waals surface area contributed by atoms with Gasteiger partial charge in [-0.2, -0.15) is 0 Å². The maximum absolute atomic E-state index is 12.6. The molecule has 0 aliphatic carbocycles. The Balaban J connectivity index is 2.11. The molecule has 0 fully saturated rings. The fourth-order valence-corrected chi connectivity index (χ4v) is 3.82. The predicted octanol–water partition coefficient (Wildman–Crippen LogP) is 2.96. The number of benzene rings is 2. The molecule has 140 valence electrons. The Morgan fingerprint density at radius 1 is 1.12 bits per heavy atom. The Kier molecular flexibility index (Phi) is 6.56. The molecule has 0 aliphatic heterocycles. The molecule has 0 aromatic heterocycles. The van der Waals surface area contributed by atoms with Crippen molar-refractivity contribution in [1.82, 2.24) is 10.0 Å². The molecular formula is C20H26N2O3S. The molecule has 0 heterocycles. The van der Waals surface area contributed by atoms with Gasteiger partial charge in [0.15, 0.2) is 0 Å². The van der Waals surface area contributed by atoms with Crippen molar-refractivity contribution in [2.24, 2.45) is 0 Å². The lowest BCUT2D eigenvalue weighted by Gasteiger charge is -2.16. The van der Waals surface area contributed by atoms with Crippen molar-refractivity contribution in [2.75, 3.05) is 7.05 Å². The van der Waals surface area contributed by atoms with Gasteiger partial charge in [0.1, 0.15) is 0 Å². The summed E-state index contributed by atoms with van der Waals surface area (Å²) >= 11 is 0. The van der Waals surface area contributed by atoms with Crippen molar-refractivity contribution < 1.29 is 13.2 Å². The largest absolute Gasteiger partial charge is 0.350 e. The molecule has 1 atom stereocenters. The molecule has 1 amide bonds. The van der Waals surface area contributed by atoms with E-state index < -0.39 is 10.0 Å². The molecule has 0 aliphatic rings. The Bertz CT molecular complexity index is 877. The van der Waals surface area contributed by atoms with Gasteiger partial charge in [0.2, 0.25) is 10.0 Å². The zero-order chi connectivity index (χ0) is 19.3. The summed E-state index contributed by atoms with van der Waals surface area (Å²) in [5.74, 6) is -0.263. The number of nitrogens with one attached hydrogen (secondary N) is 2. The van der Waals surface area contributed by atoms with Gasteiger partial charge in [0.05, 0.1) is 4.90 Å². The first kappa shape index (κ1) is 20.1. The van der Waals surface area contributed by atoms with Gasteiger partial charge >= 0.3 is 0 Å². The number of rotatable bonds is 7. The Morgan fingerprint density at radius 3 is 2.38 bits per heavy atom. The summed E-state index contributed by atoms with van der Waals surface area (Å²) in [6.07, 6.45) is 1.68. The number of hydrogen-bond acceptors (Lipinski definition) is 3. The van der Waals surface area contributed by atoms with Crippen LogP contribution in [0.25, 0.3) is 0 Å². The molecule has 0 bridgehead atoms. The maximum Gasteiger partial charge on any atom is 0.251 e. The van der Waals surface area contributed by atoms with Crippen molar-refractivity contribution in [1.29, 1.82) is 0 Å². The molecule has 0 saturated carbocycles. The van der Waals surface area contributed by atoms with Gasteiger partial charge in [0.25, 0.3) is 5.91 Å². The second-order valence-electron chi connectivity index (χ2n) is 6.52. The molecule has 5 nitrogen and oxygen atoms in total. The van der Waals surface area contributed by atoms with Crippen LogP contribution in [0.4, 0.5) is 0 Å². The van der Waals surface area contributed by atoms with Crippen molar-refractivity contribution >= 4 is 15.9 Å². The van der Waals surface area contributed by atoms with Crippen molar-refractivity contribution in [3.8, 4) is 0 Å². The molecule has 1 unspecified atom stereocenters. The van der Waals surface area contributed by atoms with E-state index in [-0.39, 0.29) is 16.8 Å². The molecule has 6 heteroatoms. The zero-order valence-corrected chi connectivity index (χ0v) is 16.5. The highest BCUT2D eigenvalue weighted by molar-refractivity contribution is 7.89. The van der Waals surface area contributed by atoms with Crippen LogP contribution >= 0.6 is 0 Å². The van der Waals surface area contributed by atoms with Crippen LogP contribution in [0.2, 0.25) is 0 Å². The minimum Gasteiger partial charge on any atom is -0.350 e. The van der Waals surface area contributed by atoms with Gasteiger partial charge in [-0.1, -0.05) is 30.3 Å². The number of sulfonamides is 1. The fourth-order valence-electron chi connectivity index (χ4n) is 2.75. The van der Waals surface area contributed by atoms with Gasteiger partial charge < -0.3 is 5.32 Å². The van der Waals surface area contributed by atoms with E-state index in [2.05, 4.69) is 22.2 Å². The molecule has 0 spiro atoms. The normalized spacial score (nSPS) is 12.6. The topological polar surface area (TPSA) is 75.3 Å². The summed E-state index contributed by atoms with van der Waals surface area (Å²) in [6, 6.07) is 13.2. The third kappa shape index (κ3) is 4.93. The van der Waals surface area contributed by atoms with E-state index in [9.17, 15) is 13.2 Å². The molecule has 2 aromatic rings. The van der Waals surface area contributed by atoms with Gasteiger partial charge in [-0.15, -0.1) is 0 Å². The van der Waals surface area contributed by atoms with E-state index in [4.69, 9.17) is 0 Å². The Hall–Kier alpha value is -2.18. The fraction of sp³-hybridized carbons (Fsp3) is 0.350. The summed E-state index contributed by atoms with van der Waals surface area (Å²) in [5, 5.41) is 2.96. The minimum absolute atomic E-state index is 0.0197. The third-order valence-electron chi connectivity index (χ3n) is 4.53. The van der Waals surface area contributed by atoms with E-state index >= 15 is 0 Å². The SMILES string of the molecule is CNS(=O)(=O)c1cc(C(=O)NC(C)CCc2ccccc2)cc(C)c1C. The standard InChI is InChI=1S/C20H26N2O3S/c1-14-12-18(13-19(16(14)3)26(24,25)21-4)20(23)22-15(2)10-11-17-8-6-5-7-9-17/h5-9,12-13,15,21H,10-11H2,1-4H3,(H,22,23). The van der Waals surface area contributed by atoms with Crippen LogP contribution in [0, 0.1) is 13.8 Å². The summed E-state index contributed by atoms with van der Waals surface area (Å²) in [7, 11) is -2.25. The second-order valence-corrected chi connectivity index (χ2v) is 8.38. The van der Waals surface area contributed by atoms with E-state index in [1.165, 1.54) is 18.7 Å². The zero-order valence-electron chi connectivity index (χ0n) is 15.7. The monoisotopic (exact) mass is 374 g/mol. The van der Waals surface area contributed by atoms with Crippen molar-refractivity contribution in [3.05, 3.63) is 64.7 Å². The van der Waals surface area contributed by atoms with E-state index in [0.717, 1.165) is 18.4 Å². The number of amides is 1. The molecule has 0 radical (unpaired) electrons. The van der Waals surface area contributed by atoms with Crippen LogP contribution in [-0.2, 0) is 16.4 Å². The summed E-state index contributed by atoms with van der Waals surface area (Å²) in [4.78, 5) is 12.7. The molecule has 2 N–H and O–H groups in total. The maximum atomic E-state index is 12.6. The highest BCUT2D eigenvalue weighted by Gasteiger charge is 2.20.